The molecular weight excluding hydrogens is 319 g/mol. The van der Waals surface area contributed by atoms with Crippen molar-refractivity contribution in [1.82, 2.24) is 0 Å². The Hall–Kier alpha value is -1.72. The SMILES string of the molecule is CCN1B(c2ccc(-c3cccs3)s2)N(CC)c2ccccc21. The van der Waals surface area contributed by atoms with Gasteiger partial charge in [-0.05, 0) is 43.5 Å². The number of hydrogen-bond donors (Lipinski definition) is 0. The fourth-order valence-corrected chi connectivity index (χ4v) is 5.39. The number of nitrogens with zero attached hydrogens (tertiary/aromatic N) is 2. The molecule has 0 atom stereocenters. The number of thiophene rings is 2. The van der Waals surface area contributed by atoms with Gasteiger partial charge in [-0.2, -0.15) is 0 Å². The van der Waals surface area contributed by atoms with Crippen LogP contribution in [0.3, 0.4) is 0 Å². The zero-order chi connectivity index (χ0) is 15.8. The number of fused-ring (bicyclic) bond motifs is 1. The number of rotatable bonds is 4. The lowest BCUT2D eigenvalue weighted by Crippen LogP contribution is -2.55. The fourth-order valence-electron chi connectivity index (χ4n) is 3.42. The highest BCUT2D eigenvalue weighted by Crippen LogP contribution is 2.38. The number of para-hydroxylation sites is 2. The summed E-state index contributed by atoms with van der Waals surface area (Å²) in [7, 11) is 0. The molecule has 2 aromatic heterocycles. The van der Waals surface area contributed by atoms with Crippen LogP contribution in [0, 0.1) is 0 Å². The van der Waals surface area contributed by atoms with E-state index in [9.17, 15) is 0 Å². The van der Waals surface area contributed by atoms with Crippen LogP contribution in [0.4, 0.5) is 11.4 Å². The first kappa shape index (κ1) is 14.9. The maximum Gasteiger partial charge on any atom is 0.421 e. The van der Waals surface area contributed by atoms with Crippen molar-refractivity contribution in [3.63, 3.8) is 0 Å². The highest BCUT2D eigenvalue weighted by atomic mass is 32.1. The summed E-state index contributed by atoms with van der Waals surface area (Å²) in [6.07, 6.45) is 0. The second-order valence-electron chi connectivity index (χ2n) is 5.61. The van der Waals surface area contributed by atoms with E-state index in [4.69, 9.17) is 0 Å². The van der Waals surface area contributed by atoms with Gasteiger partial charge in [0.1, 0.15) is 0 Å². The van der Waals surface area contributed by atoms with Gasteiger partial charge in [-0.1, -0.05) is 24.3 Å². The highest BCUT2D eigenvalue weighted by Gasteiger charge is 2.40. The van der Waals surface area contributed by atoms with Gasteiger partial charge in [0.2, 0.25) is 0 Å². The fraction of sp³-hybridized carbons (Fsp3) is 0.222. The zero-order valence-corrected chi connectivity index (χ0v) is 15.0. The molecule has 0 N–H and O–H groups in total. The first-order chi connectivity index (χ1) is 11.3. The van der Waals surface area contributed by atoms with E-state index in [2.05, 4.69) is 77.4 Å². The maximum absolute atomic E-state index is 2.52. The van der Waals surface area contributed by atoms with Gasteiger partial charge in [0.05, 0.1) is 0 Å². The second-order valence-corrected chi connectivity index (χ2v) is 7.68. The molecule has 2 nitrogen and oxygen atoms in total. The molecule has 0 amide bonds. The Labute approximate surface area is 146 Å². The van der Waals surface area contributed by atoms with Crippen molar-refractivity contribution in [2.24, 2.45) is 0 Å². The molecule has 116 valence electrons. The van der Waals surface area contributed by atoms with E-state index in [1.807, 2.05) is 22.7 Å². The third-order valence-electron chi connectivity index (χ3n) is 4.42. The highest BCUT2D eigenvalue weighted by molar-refractivity contribution is 7.29. The molecule has 23 heavy (non-hydrogen) atoms. The lowest BCUT2D eigenvalue weighted by molar-refractivity contribution is 1.06. The van der Waals surface area contributed by atoms with Crippen LogP contribution in [0.15, 0.2) is 53.9 Å². The normalized spacial score (nSPS) is 13.7. The van der Waals surface area contributed by atoms with E-state index in [0.29, 0.717) is 6.98 Å². The van der Waals surface area contributed by atoms with Crippen molar-refractivity contribution in [3.05, 3.63) is 53.9 Å². The largest absolute Gasteiger partial charge is 0.421 e. The van der Waals surface area contributed by atoms with E-state index in [0.717, 1.165) is 13.1 Å². The summed E-state index contributed by atoms with van der Waals surface area (Å²) in [5, 5.41) is 2.15. The molecule has 0 spiro atoms. The van der Waals surface area contributed by atoms with Crippen molar-refractivity contribution in [3.8, 4) is 9.75 Å². The summed E-state index contributed by atoms with van der Waals surface area (Å²) in [5.41, 5.74) is 2.71. The number of hydrogen-bond acceptors (Lipinski definition) is 4. The molecule has 1 aliphatic heterocycles. The molecule has 3 heterocycles. The smallest absolute Gasteiger partial charge is 0.390 e. The Morgan fingerprint density at radius 2 is 1.52 bits per heavy atom. The van der Waals surface area contributed by atoms with Crippen LogP contribution in [0.25, 0.3) is 9.75 Å². The van der Waals surface area contributed by atoms with Crippen LogP contribution in [-0.4, -0.2) is 20.1 Å². The summed E-state index contributed by atoms with van der Waals surface area (Å²) in [4.78, 5) is 7.77. The minimum atomic E-state index is 0.320. The summed E-state index contributed by atoms with van der Waals surface area (Å²) in [6, 6.07) is 17.7. The monoisotopic (exact) mass is 338 g/mol. The summed E-state index contributed by atoms with van der Waals surface area (Å²) < 4.78 is 1.42. The molecule has 0 saturated heterocycles. The standard InChI is InChI=1S/C18H19BN2S2/c1-3-20-14-8-5-6-9-15(14)21(4-2)19(20)18-12-11-17(23-18)16-10-7-13-22-16/h5-13H,3-4H2,1-2H3. The van der Waals surface area contributed by atoms with Crippen molar-refractivity contribution >= 4 is 45.8 Å². The molecule has 0 radical (unpaired) electrons. The molecule has 1 aromatic carbocycles. The molecule has 0 fully saturated rings. The van der Waals surface area contributed by atoms with Crippen molar-refractivity contribution < 1.29 is 0 Å². The average molecular weight is 338 g/mol. The number of benzene rings is 1. The number of anilines is 2. The molecule has 4 rings (SSSR count). The minimum absolute atomic E-state index is 0.320. The molecular formula is C18H19BN2S2. The van der Waals surface area contributed by atoms with Gasteiger partial charge in [0.25, 0.3) is 0 Å². The van der Waals surface area contributed by atoms with Gasteiger partial charge in [0.15, 0.2) is 0 Å². The summed E-state index contributed by atoms with van der Waals surface area (Å²) in [5.74, 6) is 0. The van der Waals surface area contributed by atoms with E-state index in [-0.39, 0.29) is 0 Å². The van der Waals surface area contributed by atoms with Crippen LogP contribution < -0.4 is 14.4 Å². The van der Waals surface area contributed by atoms with Gasteiger partial charge in [-0.15, -0.1) is 22.7 Å². The molecule has 1 aliphatic rings. The van der Waals surface area contributed by atoms with Crippen LogP contribution in [-0.2, 0) is 0 Å². The zero-order valence-electron chi connectivity index (χ0n) is 13.4. The maximum atomic E-state index is 2.52. The molecule has 0 unspecified atom stereocenters. The van der Waals surface area contributed by atoms with Crippen LogP contribution in [0.2, 0.25) is 0 Å². The van der Waals surface area contributed by atoms with Crippen LogP contribution >= 0.6 is 22.7 Å². The first-order valence-electron chi connectivity index (χ1n) is 8.09. The second kappa shape index (κ2) is 6.06. The predicted molar refractivity (Wildman–Crippen MR) is 106 cm³/mol. The van der Waals surface area contributed by atoms with E-state index >= 15 is 0 Å². The average Bonchev–Trinajstić information content (AvgIpc) is 3.31. The summed E-state index contributed by atoms with van der Waals surface area (Å²) in [6.45, 7) is 6.85. The third-order valence-corrected chi connectivity index (χ3v) is 6.61. The lowest BCUT2D eigenvalue weighted by Gasteiger charge is -2.27. The Kier molecular flexibility index (Phi) is 3.91. The Bertz CT molecular complexity index is 766. The van der Waals surface area contributed by atoms with Crippen LogP contribution in [0.1, 0.15) is 13.8 Å². The molecule has 0 saturated carbocycles. The van der Waals surface area contributed by atoms with Crippen molar-refractivity contribution in [2.45, 2.75) is 13.8 Å². The Morgan fingerprint density at radius 1 is 0.826 bits per heavy atom. The molecule has 0 aliphatic carbocycles. The van der Waals surface area contributed by atoms with Gasteiger partial charge in [-0.3, -0.25) is 0 Å². The van der Waals surface area contributed by atoms with Gasteiger partial charge in [0, 0.05) is 39.0 Å². The third kappa shape index (κ3) is 2.39. The van der Waals surface area contributed by atoms with E-state index in [1.54, 1.807) is 0 Å². The van der Waals surface area contributed by atoms with Crippen LogP contribution in [0.5, 0.6) is 0 Å². The minimum Gasteiger partial charge on any atom is -0.390 e. The van der Waals surface area contributed by atoms with Gasteiger partial charge < -0.3 is 9.62 Å². The molecule has 0 bridgehead atoms. The Balaban J connectivity index is 1.76. The molecule has 5 heteroatoms. The van der Waals surface area contributed by atoms with Crippen molar-refractivity contribution in [1.29, 1.82) is 0 Å². The topological polar surface area (TPSA) is 6.48 Å². The van der Waals surface area contributed by atoms with E-state index in [1.165, 1.54) is 25.9 Å². The lowest BCUT2D eigenvalue weighted by atomic mass is 9.71. The first-order valence-corrected chi connectivity index (χ1v) is 9.79. The van der Waals surface area contributed by atoms with Gasteiger partial charge in [-0.25, -0.2) is 0 Å². The Morgan fingerprint density at radius 3 is 2.09 bits per heavy atom. The van der Waals surface area contributed by atoms with Crippen molar-refractivity contribution in [2.75, 3.05) is 22.7 Å². The van der Waals surface area contributed by atoms with E-state index < -0.39 is 0 Å². The van der Waals surface area contributed by atoms with Gasteiger partial charge >= 0.3 is 6.98 Å². The summed E-state index contributed by atoms with van der Waals surface area (Å²) >= 11 is 3.74. The quantitative estimate of drug-likeness (QED) is 0.645. The predicted octanol–water partition coefficient (Wildman–Crippen LogP) is 4.54. The molecule has 3 aromatic rings.